The van der Waals surface area contributed by atoms with Gasteiger partial charge in [0.15, 0.2) is 11.5 Å². The van der Waals surface area contributed by atoms with E-state index in [0.29, 0.717) is 56.4 Å². The summed E-state index contributed by atoms with van der Waals surface area (Å²) in [5.74, 6) is -1.93. The Morgan fingerprint density at radius 3 is 2.61 bits per heavy atom. The number of amides is 2. The first-order valence-corrected chi connectivity index (χ1v) is 12.8. The fourth-order valence-corrected chi connectivity index (χ4v) is 5.38. The van der Waals surface area contributed by atoms with Gasteiger partial charge in [-0.05, 0) is 50.7 Å². The Balaban J connectivity index is 1.50. The van der Waals surface area contributed by atoms with Gasteiger partial charge in [-0.15, -0.1) is 0 Å². The number of imidazole rings is 1. The molecule has 2 fully saturated rings. The monoisotopic (exact) mass is 548 g/mol. The van der Waals surface area contributed by atoms with Crippen LogP contribution in [0.15, 0.2) is 18.3 Å². The smallest absolute Gasteiger partial charge is 0.407 e. The lowest BCUT2D eigenvalue weighted by Crippen LogP contribution is -2.44. The highest BCUT2D eigenvalue weighted by atomic mass is 35.5. The average Bonchev–Trinajstić information content (AvgIpc) is 3.26. The molecule has 3 heterocycles. The van der Waals surface area contributed by atoms with Crippen LogP contribution in [0.1, 0.15) is 44.6 Å². The van der Waals surface area contributed by atoms with Crippen LogP contribution in [-0.2, 0) is 4.79 Å². The number of nitrogens with one attached hydrogen (secondary N) is 2. The molecule has 2 amide bonds. The Hall–Kier alpha value is -3.74. The Labute approximate surface area is 221 Å². The molecule has 3 aromatic rings. The third-order valence-electron chi connectivity index (χ3n) is 7.20. The van der Waals surface area contributed by atoms with Crippen LogP contribution in [0.4, 0.5) is 31.2 Å². The summed E-state index contributed by atoms with van der Waals surface area (Å²) in [6, 6.07) is 1.84. The number of halogens is 3. The molecule has 1 unspecified atom stereocenters. The van der Waals surface area contributed by atoms with Gasteiger partial charge >= 0.3 is 6.09 Å². The van der Waals surface area contributed by atoms with E-state index < -0.39 is 23.4 Å². The first-order valence-electron chi connectivity index (χ1n) is 12.4. The van der Waals surface area contributed by atoms with Crippen LogP contribution >= 0.6 is 11.6 Å². The molecule has 38 heavy (non-hydrogen) atoms. The van der Waals surface area contributed by atoms with Gasteiger partial charge in [-0.25, -0.2) is 23.5 Å². The normalized spacial score (nSPS) is 21.9. The minimum absolute atomic E-state index is 0.156. The Bertz CT molecular complexity index is 1380. The summed E-state index contributed by atoms with van der Waals surface area (Å²) in [6.07, 6.45) is 4.26. The van der Waals surface area contributed by atoms with Gasteiger partial charge in [-0.3, -0.25) is 9.36 Å². The number of piperidine rings is 1. The van der Waals surface area contributed by atoms with Gasteiger partial charge in [0.25, 0.3) is 0 Å². The van der Waals surface area contributed by atoms with E-state index in [1.807, 2.05) is 0 Å². The molecule has 2 aliphatic rings. The minimum Gasteiger partial charge on any atom is -0.465 e. The summed E-state index contributed by atoms with van der Waals surface area (Å²) >= 11 is 5.88. The number of benzene rings is 1. The molecule has 5 rings (SSSR count). The van der Waals surface area contributed by atoms with E-state index in [0.717, 1.165) is 18.6 Å². The van der Waals surface area contributed by atoms with Crippen molar-refractivity contribution in [2.75, 3.05) is 23.7 Å². The molecule has 1 atom stereocenters. The number of likely N-dealkylation sites (tertiary alicyclic amines) is 1. The Morgan fingerprint density at radius 1 is 1.13 bits per heavy atom. The number of hydrogen-bond donors (Lipinski definition) is 4. The highest BCUT2D eigenvalue weighted by molar-refractivity contribution is 6.31. The number of nitrogens with two attached hydrogens (primary N) is 1. The van der Waals surface area contributed by atoms with Gasteiger partial charge < -0.3 is 26.4 Å². The number of rotatable bonds is 6. The van der Waals surface area contributed by atoms with Gasteiger partial charge in [0.1, 0.15) is 17.0 Å². The van der Waals surface area contributed by atoms with Crippen LogP contribution in [0.2, 0.25) is 5.02 Å². The molecular weight excluding hydrogens is 522 g/mol. The number of anilines is 3. The molecule has 1 saturated heterocycles. The van der Waals surface area contributed by atoms with E-state index in [1.54, 1.807) is 4.57 Å². The third kappa shape index (κ3) is 5.15. The van der Waals surface area contributed by atoms with Gasteiger partial charge in [0.2, 0.25) is 17.8 Å². The van der Waals surface area contributed by atoms with Gasteiger partial charge in [0.05, 0.1) is 11.2 Å². The van der Waals surface area contributed by atoms with E-state index in [4.69, 9.17) is 17.3 Å². The number of carbonyl (C=O) groups is 2. The number of hydrogen-bond acceptors (Lipinski definition) is 7. The quantitative estimate of drug-likeness (QED) is 0.333. The Morgan fingerprint density at radius 2 is 1.89 bits per heavy atom. The van der Waals surface area contributed by atoms with E-state index in [-0.39, 0.29) is 40.8 Å². The van der Waals surface area contributed by atoms with E-state index in [9.17, 15) is 23.5 Å². The van der Waals surface area contributed by atoms with Crippen LogP contribution in [0.3, 0.4) is 0 Å². The maximum absolute atomic E-state index is 14.7. The van der Waals surface area contributed by atoms with Crippen molar-refractivity contribution < 1.29 is 23.5 Å². The molecule has 202 valence electrons. The molecule has 1 aromatic carbocycles. The topological polar surface area (TPSA) is 151 Å². The first kappa shape index (κ1) is 25.9. The summed E-state index contributed by atoms with van der Waals surface area (Å²) in [6.45, 7) is 0.771. The maximum atomic E-state index is 14.7. The molecule has 0 spiro atoms. The first-order chi connectivity index (χ1) is 18.2. The number of nitrogens with zero attached hydrogens (tertiary/aromatic N) is 5. The standard InChI is InChI=1S/C24H27ClF2N8O3/c25-15-7-8-16(26)19(18(15)27)32-23-31-17-10-29-22(30-13-2-1-9-34(11-13)24(37)38)33-21(17)35(23)14-5-3-12(4-6-14)20(28)36/h7-8,10,12-14H,1-6,9,11H2,(H2,28,36)(H,31,32)(H,37,38)(H,29,30,33)/t12-,13?,14-. The lowest BCUT2D eigenvalue weighted by Gasteiger charge is -2.31. The predicted molar refractivity (Wildman–Crippen MR) is 136 cm³/mol. The van der Waals surface area contributed by atoms with Crippen molar-refractivity contribution in [1.82, 2.24) is 24.4 Å². The fourth-order valence-electron chi connectivity index (χ4n) is 5.22. The number of aromatic nitrogens is 4. The summed E-state index contributed by atoms with van der Waals surface area (Å²) < 4.78 is 31.1. The van der Waals surface area contributed by atoms with Crippen LogP contribution in [-0.4, -0.2) is 60.7 Å². The number of primary amides is 1. The van der Waals surface area contributed by atoms with Crippen molar-refractivity contribution in [3.8, 4) is 0 Å². The second-order valence-corrected chi connectivity index (χ2v) is 10.1. The average molecular weight is 549 g/mol. The van der Waals surface area contributed by atoms with Gasteiger partial charge in [-0.1, -0.05) is 11.6 Å². The molecule has 0 bridgehead atoms. The molecule has 2 aromatic heterocycles. The SMILES string of the molecule is NC(=O)[C@H]1CC[C@H](n2c(Nc3c(F)ccc(Cl)c3F)nc3cnc(NC4CCCN(C(=O)O)C4)nc32)CC1. The molecule has 11 nitrogen and oxygen atoms in total. The maximum Gasteiger partial charge on any atom is 0.407 e. The minimum atomic E-state index is -0.978. The van der Waals surface area contributed by atoms with E-state index >= 15 is 0 Å². The molecule has 1 aliphatic carbocycles. The van der Waals surface area contributed by atoms with E-state index in [1.165, 1.54) is 11.1 Å². The predicted octanol–water partition coefficient (Wildman–Crippen LogP) is 4.27. The fraction of sp³-hybridized carbons (Fsp3) is 0.458. The van der Waals surface area contributed by atoms with E-state index in [2.05, 4.69) is 25.6 Å². The molecule has 0 radical (unpaired) electrons. The molecule has 5 N–H and O–H groups in total. The van der Waals surface area contributed by atoms with Crippen LogP contribution in [0, 0.1) is 17.6 Å². The highest BCUT2D eigenvalue weighted by Gasteiger charge is 2.30. The summed E-state index contributed by atoms with van der Waals surface area (Å²) in [5.41, 5.74) is 5.89. The van der Waals surface area contributed by atoms with Crippen molar-refractivity contribution in [2.24, 2.45) is 11.7 Å². The summed E-state index contributed by atoms with van der Waals surface area (Å²) in [5, 5.41) is 15.1. The zero-order valence-electron chi connectivity index (χ0n) is 20.3. The highest BCUT2D eigenvalue weighted by Crippen LogP contribution is 2.38. The molecule has 14 heteroatoms. The third-order valence-corrected chi connectivity index (χ3v) is 7.49. The largest absolute Gasteiger partial charge is 0.465 e. The van der Waals surface area contributed by atoms with Gasteiger partial charge in [0, 0.05) is 31.1 Å². The zero-order valence-corrected chi connectivity index (χ0v) is 21.1. The lowest BCUT2D eigenvalue weighted by atomic mass is 9.85. The zero-order chi connectivity index (χ0) is 27.0. The van der Waals surface area contributed by atoms with Crippen LogP contribution in [0.5, 0.6) is 0 Å². The van der Waals surface area contributed by atoms with Crippen molar-refractivity contribution in [3.63, 3.8) is 0 Å². The van der Waals surface area contributed by atoms with Gasteiger partial charge in [-0.2, -0.15) is 4.98 Å². The second-order valence-electron chi connectivity index (χ2n) is 9.67. The van der Waals surface area contributed by atoms with Crippen molar-refractivity contribution in [1.29, 1.82) is 0 Å². The summed E-state index contributed by atoms with van der Waals surface area (Å²) in [4.78, 5) is 38.0. The van der Waals surface area contributed by atoms with Crippen molar-refractivity contribution in [2.45, 2.75) is 50.6 Å². The number of carbonyl (C=O) groups excluding carboxylic acids is 1. The molecule has 1 saturated carbocycles. The number of fused-ring (bicyclic) bond motifs is 1. The number of carboxylic acid groups (broad SMARTS) is 1. The molecule has 1 aliphatic heterocycles. The second kappa shape index (κ2) is 10.6. The van der Waals surface area contributed by atoms with Crippen molar-refractivity contribution >= 4 is 52.3 Å². The molecular formula is C24H27ClF2N8O3. The summed E-state index contributed by atoms with van der Waals surface area (Å²) in [7, 11) is 0. The van der Waals surface area contributed by atoms with Crippen LogP contribution in [0.25, 0.3) is 11.2 Å². The van der Waals surface area contributed by atoms with Crippen LogP contribution < -0.4 is 16.4 Å². The lowest BCUT2D eigenvalue weighted by molar-refractivity contribution is -0.122. The van der Waals surface area contributed by atoms with Crippen molar-refractivity contribution in [3.05, 3.63) is 35.0 Å². The Kier molecular flexibility index (Phi) is 7.19.